The van der Waals surface area contributed by atoms with Crippen LogP contribution in [-0.4, -0.2) is 41.1 Å². The van der Waals surface area contributed by atoms with Crippen LogP contribution in [0.1, 0.15) is 48.5 Å². The Hall–Kier alpha value is -1.85. The number of hydrogen-bond donors (Lipinski definition) is 0. The molecule has 0 radical (unpaired) electrons. The van der Waals surface area contributed by atoms with E-state index in [0.717, 1.165) is 6.42 Å². The van der Waals surface area contributed by atoms with Crippen molar-refractivity contribution in [2.24, 2.45) is 0 Å². The van der Waals surface area contributed by atoms with Gasteiger partial charge in [0, 0.05) is 6.54 Å². The smallest absolute Gasteiger partial charge is 0.328 e. The van der Waals surface area contributed by atoms with Gasteiger partial charge in [-0.2, -0.15) is 0 Å². The molecule has 0 aromatic carbocycles. The van der Waals surface area contributed by atoms with Crippen LogP contribution >= 0.6 is 0 Å². The van der Waals surface area contributed by atoms with Gasteiger partial charge >= 0.3 is 5.97 Å². The van der Waals surface area contributed by atoms with Crippen molar-refractivity contribution < 1.29 is 18.8 Å². The van der Waals surface area contributed by atoms with E-state index in [4.69, 9.17) is 9.26 Å². The molecule has 110 valence electrons. The fourth-order valence-corrected chi connectivity index (χ4v) is 2.57. The molecule has 1 aliphatic heterocycles. The van der Waals surface area contributed by atoms with Crippen molar-refractivity contribution >= 4 is 11.9 Å². The van der Waals surface area contributed by atoms with E-state index in [2.05, 4.69) is 5.16 Å². The van der Waals surface area contributed by atoms with Crippen LogP contribution in [-0.2, 0) is 16.0 Å². The molecule has 0 saturated carbocycles. The van der Waals surface area contributed by atoms with Crippen LogP contribution in [0, 0.1) is 6.92 Å². The molecule has 1 amide bonds. The van der Waals surface area contributed by atoms with Gasteiger partial charge in [0.2, 0.25) is 0 Å². The Labute approximate surface area is 118 Å². The second-order valence-electron chi connectivity index (χ2n) is 4.82. The lowest BCUT2D eigenvalue weighted by Gasteiger charge is -2.23. The molecule has 1 unspecified atom stereocenters. The topological polar surface area (TPSA) is 72.6 Å². The van der Waals surface area contributed by atoms with E-state index in [1.54, 1.807) is 18.7 Å². The Morgan fingerprint density at radius 2 is 2.20 bits per heavy atom. The number of carbonyl (C=O) groups is 2. The molecule has 2 rings (SSSR count). The molecule has 1 aromatic rings. The molecule has 1 fully saturated rings. The summed E-state index contributed by atoms with van der Waals surface area (Å²) in [6, 6.07) is -0.485. The Kier molecular flexibility index (Phi) is 4.42. The Morgan fingerprint density at radius 1 is 1.45 bits per heavy atom. The number of likely N-dealkylation sites (tertiary alicyclic amines) is 1. The van der Waals surface area contributed by atoms with Gasteiger partial charge < -0.3 is 14.2 Å². The minimum atomic E-state index is -0.485. The largest absolute Gasteiger partial charge is 0.464 e. The first-order chi connectivity index (χ1) is 9.60. The quantitative estimate of drug-likeness (QED) is 0.785. The van der Waals surface area contributed by atoms with Crippen LogP contribution in [0.25, 0.3) is 0 Å². The van der Waals surface area contributed by atoms with Gasteiger partial charge in [-0.05, 0) is 33.1 Å². The summed E-state index contributed by atoms with van der Waals surface area (Å²) < 4.78 is 10.1. The summed E-state index contributed by atoms with van der Waals surface area (Å²) in [5.74, 6) is -0.0111. The molecule has 2 heterocycles. The maximum absolute atomic E-state index is 12.6. The van der Waals surface area contributed by atoms with Crippen molar-refractivity contribution in [3.8, 4) is 0 Å². The molecule has 1 aromatic heterocycles. The molecule has 6 nitrogen and oxygen atoms in total. The molecule has 6 heteroatoms. The number of amides is 1. The minimum absolute atomic E-state index is 0.184. The minimum Gasteiger partial charge on any atom is -0.464 e. The fourth-order valence-electron chi connectivity index (χ4n) is 2.57. The number of hydrogen-bond acceptors (Lipinski definition) is 5. The van der Waals surface area contributed by atoms with Crippen LogP contribution in [0.5, 0.6) is 0 Å². The second-order valence-corrected chi connectivity index (χ2v) is 4.82. The third-order valence-electron chi connectivity index (χ3n) is 3.55. The van der Waals surface area contributed by atoms with Crippen molar-refractivity contribution in [1.82, 2.24) is 10.1 Å². The van der Waals surface area contributed by atoms with E-state index in [1.807, 2.05) is 6.92 Å². The predicted molar refractivity (Wildman–Crippen MR) is 71.3 cm³/mol. The van der Waals surface area contributed by atoms with E-state index in [1.165, 1.54) is 0 Å². The number of carbonyl (C=O) groups excluding carboxylic acids is 2. The number of ether oxygens (including phenoxy) is 1. The summed E-state index contributed by atoms with van der Waals surface area (Å²) in [4.78, 5) is 26.1. The molecule has 0 spiro atoms. The highest BCUT2D eigenvalue weighted by molar-refractivity contribution is 5.98. The molecule has 20 heavy (non-hydrogen) atoms. The molecular weight excluding hydrogens is 260 g/mol. The van der Waals surface area contributed by atoms with E-state index in [-0.39, 0.29) is 11.9 Å². The average Bonchev–Trinajstić information content (AvgIpc) is 3.04. The van der Waals surface area contributed by atoms with E-state index in [9.17, 15) is 9.59 Å². The van der Waals surface area contributed by atoms with E-state index >= 15 is 0 Å². The number of aromatic nitrogens is 1. The van der Waals surface area contributed by atoms with Gasteiger partial charge in [0.15, 0.2) is 0 Å². The van der Waals surface area contributed by atoms with Gasteiger partial charge in [-0.25, -0.2) is 4.79 Å². The first kappa shape index (κ1) is 14.6. The molecule has 0 aliphatic carbocycles. The third kappa shape index (κ3) is 2.55. The number of rotatable bonds is 4. The Bertz CT molecular complexity index is 509. The summed E-state index contributed by atoms with van der Waals surface area (Å²) in [6.07, 6.45) is 2.08. The maximum atomic E-state index is 12.6. The van der Waals surface area contributed by atoms with Crippen molar-refractivity contribution in [1.29, 1.82) is 0 Å². The molecule has 1 atom stereocenters. The Balaban J connectivity index is 2.23. The fraction of sp³-hybridized carbons (Fsp3) is 0.643. The van der Waals surface area contributed by atoms with Gasteiger partial charge in [0.25, 0.3) is 5.91 Å². The maximum Gasteiger partial charge on any atom is 0.328 e. The van der Waals surface area contributed by atoms with Crippen LogP contribution < -0.4 is 0 Å². The van der Waals surface area contributed by atoms with Crippen LogP contribution in [0.15, 0.2) is 4.52 Å². The first-order valence-electron chi connectivity index (χ1n) is 7.02. The Morgan fingerprint density at radius 3 is 2.85 bits per heavy atom. The number of nitrogens with zero attached hydrogens (tertiary/aromatic N) is 2. The molecule has 1 saturated heterocycles. The van der Waals surface area contributed by atoms with Crippen molar-refractivity contribution in [3.63, 3.8) is 0 Å². The third-order valence-corrected chi connectivity index (χ3v) is 3.55. The van der Waals surface area contributed by atoms with E-state index < -0.39 is 6.04 Å². The number of esters is 1. The van der Waals surface area contributed by atoms with Crippen LogP contribution in [0.4, 0.5) is 0 Å². The zero-order chi connectivity index (χ0) is 14.7. The van der Waals surface area contributed by atoms with Crippen molar-refractivity contribution in [2.45, 2.75) is 46.1 Å². The summed E-state index contributed by atoms with van der Waals surface area (Å²) in [5.41, 5.74) is 1.13. The zero-order valence-electron chi connectivity index (χ0n) is 12.1. The predicted octanol–water partition coefficient (Wildman–Crippen LogP) is 1.71. The highest BCUT2D eigenvalue weighted by atomic mass is 16.5. The van der Waals surface area contributed by atoms with Gasteiger partial charge in [-0.3, -0.25) is 4.79 Å². The first-order valence-corrected chi connectivity index (χ1v) is 7.02. The highest BCUT2D eigenvalue weighted by Gasteiger charge is 2.37. The van der Waals surface area contributed by atoms with Crippen molar-refractivity contribution in [3.05, 3.63) is 17.0 Å². The summed E-state index contributed by atoms with van der Waals surface area (Å²) in [5, 5.41) is 3.89. The molecule has 0 bridgehead atoms. The summed E-state index contributed by atoms with van der Waals surface area (Å²) >= 11 is 0. The van der Waals surface area contributed by atoms with Crippen LogP contribution in [0.3, 0.4) is 0 Å². The standard InChI is InChI=1S/C14H20N2O4/c1-4-10-12(9(3)20-15-10)13(17)16-8-6-7-11(16)14(18)19-5-2/h11H,4-8H2,1-3H3. The zero-order valence-corrected chi connectivity index (χ0v) is 12.1. The second kappa shape index (κ2) is 6.07. The lowest BCUT2D eigenvalue weighted by atomic mass is 10.1. The van der Waals surface area contributed by atoms with Crippen molar-refractivity contribution in [2.75, 3.05) is 13.2 Å². The van der Waals surface area contributed by atoms with Gasteiger partial charge in [-0.15, -0.1) is 0 Å². The summed E-state index contributed by atoms with van der Waals surface area (Å²) in [6.45, 7) is 6.29. The van der Waals surface area contributed by atoms with Gasteiger partial charge in [0.1, 0.15) is 17.4 Å². The van der Waals surface area contributed by atoms with Gasteiger partial charge in [-0.1, -0.05) is 12.1 Å². The van der Waals surface area contributed by atoms with Crippen LogP contribution in [0.2, 0.25) is 0 Å². The SMILES string of the molecule is CCOC(=O)C1CCCN1C(=O)c1c(CC)noc1C. The molecule has 0 N–H and O–H groups in total. The summed E-state index contributed by atoms with van der Waals surface area (Å²) in [7, 11) is 0. The lowest BCUT2D eigenvalue weighted by molar-refractivity contribution is -0.147. The number of aryl methyl sites for hydroxylation is 2. The van der Waals surface area contributed by atoms with Gasteiger partial charge in [0.05, 0.1) is 12.3 Å². The lowest BCUT2D eigenvalue weighted by Crippen LogP contribution is -2.41. The average molecular weight is 280 g/mol. The molecule has 1 aliphatic rings. The monoisotopic (exact) mass is 280 g/mol. The normalized spacial score (nSPS) is 18.4. The van der Waals surface area contributed by atoms with E-state index in [0.29, 0.717) is 43.0 Å². The highest BCUT2D eigenvalue weighted by Crippen LogP contribution is 2.24. The molecular formula is C14H20N2O4.